The molecule has 0 saturated carbocycles. The van der Waals surface area contributed by atoms with Crippen LogP contribution in [0.25, 0.3) is 0 Å². The van der Waals surface area contributed by atoms with Gasteiger partial charge in [-0.15, -0.1) is 0 Å². The molecule has 1 aromatic carbocycles. The van der Waals surface area contributed by atoms with Crippen LogP contribution in [0.15, 0.2) is 24.3 Å². The molecule has 1 fully saturated rings. The van der Waals surface area contributed by atoms with Crippen molar-refractivity contribution in [1.29, 1.82) is 0 Å². The molecule has 0 spiro atoms. The fraction of sp³-hybridized carbons (Fsp3) is 0.625. The van der Waals surface area contributed by atoms with E-state index in [-0.39, 0.29) is 5.54 Å². The van der Waals surface area contributed by atoms with E-state index in [1.54, 1.807) is 0 Å². The third-order valence-electron chi connectivity index (χ3n) is 3.93. The zero-order valence-corrected chi connectivity index (χ0v) is 12.0. The molecular formula is C16H26N2. The van der Waals surface area contributed by atoms with Gasteiger partial charge in [0.05, 0.1) is 0 Å². The van der Waals surface area contributed by atoms with Gasteiger partial charge in [0.25, 0.3) is 0 Å². The summed E-state index contributed by atoms with van der Waals surface area (Å²) in [4.78, 5) is 2.57. The molecule has 100 valence electrons. The van der Waals surface area contributed by atoms with E-state index in [1.165, 1.54) is 30.6 Å². The van der Waals surface area contributed by atoms with Crippen LogP contribution >= 0.6 is 0 Å². The number of aryl methyl sites for hydroxylation is 1. The molecule has 0 amide bonds. The molecule has 0 aromatic heterocycles. The Labute approximate surface area is 111 Å². The number of hydrogen-bond donors (Lipinski definition) is 1. The first kappa shape index (κ1) is 13.4. The van der Waals surface area contributed by atoms with Gasteiger partial charge in [-0.25, -0.2) is 0 Å². The highest BCUT2D eigenvalue weighted by Crippen LogP contribution is 2.23. The van der Waals surface area contributed by atoms with Crippen LogP contribution in [0.4, 0.5) is 5.69 Å². The van der Waals surface area contributed by atoms with Crippen molar-refractivity contribution in [3.8, 4) is 0 Å². The molecular weight excluding hydrogens is 220 g/mol. The van der Waals surface area contributed by atoms with Gasteiger partial charge in [-0.05, 0) is 51.3 Å². The standard InChI is InChI=1S/C16H26N2/c1-4-14-8-5-6-9-15(14)18-12-7-11-17-16(2,3)10-13-18/h5-6,8-9,17H,4,7,10-13H2,1-3H3. The summed E-state index contributed by atoms with van der Waals surface area (Å²) in [5.41, 5.74) is 3.18. The van der Waals surface area contributed by atoms with Crippen molar-refractivity contribution in [2.24, 2.45) is 0 Å². The molecule has 1 N–H and O–H groups in total. The topological polar surface area (TPSA) is 15.3 Å². The lowest BCUT2D eigenvalue weighted by molar-refractivity contribution is 0.346. The largest absolute Gasteiger partial charge is 0.371 e. The van der Waals surface area contributed by atoms with Crippen LogP contribution in [0.2, 0.25) is 0 Å². The highest BCUT2D eigenvalue weighted by atomic mass is 15.1. The van der Waals surface area contributed by atoms with E-state index in [4.69, 9.17) is 0 Å². The van der Waals surface area contributed by atoms with Crippen molar-refractivity contribution in [3.05, 3.63) is 29.8 Å². The third kappa shape index (κ3) is 3.26. The quantitative estimate of drug-likeness (QED) is 0.862. The van der Waals surface area contributed by atoms with Gasteiger partial charge >= 0.3 is 0 Å². The Bertz CT molecular complexity index is 384. The second kappa shape index (κ2) is 5.75. The first-order valence-electron chi connectivity index (χ1n) is 7.20. The van der Waals surface area contributed by atoms with E-state index in [2.05, 4.69) is 55.3 Å². The van der Waals surface area contributed by atoms with Crippen LogP contribution in [-0.2, 0) is 6.42 Å². The molecule has 1 aromatic rings. The molecule has 1 aliphatic rings. The second-order valence-corrected chi connectivity index (χ2v) is 5.88. The lowest BCUT2D eigenvalue weighted by Gasteiger charge is -2.35. The van der Waals surface area contributed by atoms with Crippen LogP contribution < -0.4 is 10.2 Å². The number of benzene rings is 1. The van der Waals surface area contributed by atoms with Crippen LogP contribution in [0, 0.1) is 0 Å². The average molecular weight is 246 g/mol. The van der Waals surface area contributed by atoms with Gasteiger partial charge in [-0.3, -0.25) is 0 Å². The molecule has 0 unspecified atom stereocenters. The lowest BCUT2D eigenvalue weighted by atomic mass is 9.98. The monoisotopic (exact) mass is 246 g/mol. The van der Waals surface area contributed by atoms with Gasteiger partial charge in [-0.2, -0.15) is 0 Å². The Morgan fingerprint density at radius 1 is 1.22 bits per heavy atom. The summed E-state index contributed by atoms with van der Waals surface area (Å²) in [7, 11) is 0. The Morgan fingerprint density at radius 3 is 2.78 bits per heavy atom. The van der Waals surface area contributed by atoms with Crippen molar-refractivity contribution in [3.63, 3.8) is 0 Å². The first-order chi connectivity index (χ1) is 8.62. The van der Waals surface area contributed by atoms with Crippen LogP contribution in [0.3, 0.4) is 0 Å². The third-order valence-corrected chi connectivity index (χ3v) is 3.93. The van der Waals surface area contributed by atoms with Crippen molar-refractivity contribution in [2.45, 2.75) is 45.6 Å². The van der Waals surface area contributed by atoms with E-state index in [1.807, 2.05) is 0 Å². The molecule has 1 heterocycles. The summed E-state index contributed by atoms with van der Waals surface area (Å²) in [5, 5.41) is 3.63. The minimum absolute atomic E-state index is 0.264. The maximum absolute atomic E-state index is 3.63. The highest BCUT2D eigenvalue weighted by Gasteiger charge is 2.21. The SMILES string of the molecule is CCc1ccccc1N1CCCNC(C)(C)CC1. The Hall–Kier alpha value is -1.02. The maximum atomic E-state index is 3.63. The number of nitrogens with zero attached hydrogens (tertiary/aromatic N) is 1. The van der Waals surface area contributed by atoms with Gasteiger partial charge in [-0.1, -0.05) is 25.1 Å². The van der Waals surface area contributed by atoms with E-state index in [0.717, 1.165) is 19.5 Å². The number of nitrogens with one attached hydrogen (secondary N) is 1. The summed E-state index contributed by atoms with van der Waals surface area (Å²) in [6.45, 7) is 10.3. The summed E-state index contributed by atoms with van der Waals surface area (Å²) < 4.78 is 0. The Morgan fingerprint density at radius 2 is 2.00 bits per heavy atom. The molecule has 2 nitrogen and oxygen atoms in total. The van der Waals surface area contributed by atoms with Gasteiger partial charge in [0.1, 0.15) is 0 Å². The maximum Gasteiger partial charge on any atom is 0.0398 e. The molecule has 18 heavy (non-hydrogen) atoms. The van der Waals surface area contributed by atoms with E-state index in [0.29, 0.717) is 0 Å². The zero-order valence-electron chi connectivity index (χ0n) is 12.0. The van der Waals surface area contributed by atoms with Crippen LogP contribution in [0.5, 0.6) is 0 Å². The normalized spacial score (nSPS) is 20.3. The van der Waals surface area contributed by atoms with Gasteiger partial charge in [0.2, 0.25) is 0 Å². The second-order valence-electron chi connectivity index (χ2n) is 5.88. The Kier molecular flexibility index (Phi) is 4.28. The van der Waals surface area contributed by atoms with Crippen molar-refractivity contribution >= 4 is 5.69 Å². The molecule has 1 saturated heterocycles. The fourth-order valence-electron chi connectivity index (χ4n) is 2.67. The minimum atomic E-state index is 0.264. The molecule has 0 atom stereocenters. The molecule has 1 aliphatic heterocycles. The van der Waals surface area contributed by atoms with Crippen LogP contribution in [0.1, 0.15) is 39.2 Å². The minimum Gasteiger partial charge on any atom is -0.371 e. The van der Waals surface area contributed by atoms with Crippen molar-refractivity contribution in [1.82, 2.24) is 5.32 Å². The smallest absolute Gasteiger partial charge is 0.0398 e. The summed E-state index contributed by atoms with van der Waals surface area (Å²) in [6.07, 6.45) is 3.54. The highest BCUT2D eigenvalue weighted by molar-refractivity contribution is 5.53. The van der Waals surface area contributed by atoms with Crippen LogP contribution in [-0.4, -0.2) is 25.2 Å². The lowest BCUT2D eigenvalue weighted by Crippen LogP contribution is -2.46. The van der Waals surface area contributed by atoms with Gasteiger partial charge in [0.15, 0.2) is 0 Å². The molecule has 2 heteroatoms. The summed E-state index contributed by atoms with van der Waals surface area (Å²) in [6, 6.07) is 8.85. The first-order valence-corrected chi connectivity index (χ1v) is 7.20. The molecule has 2 rings (SSSR count). The predicted octanol–water partition coefficient (Wildman–Crippen LogP) is 3.22. The molecule has 0 radical (unpaired) electrons. The van der Waals surface area contributed by atoms with E-state index < -0.39 is 0 Å². The Balaban J connectivity index is 2.15. The molecule has 0 bridgehead atoms. The molecule has 0 aliphatic carbocycles. The van der Waals surface area contributed by atoms with E-state index >= 15 is 0 Å². The van der Waals surface area contributed by atoms with E-state index in [9.17, 15) is 0 Å². The summed E-state index contributed by atoms with van der Waals surface area (Å²) >= 11 is 0. The number of para-hydroxylation sites is 1. The fourth-order valence-corrected chi connectivity index (χ4v) is 2.67. The van der Waals surface area contributed by atoms with Gasteiger partial charge in [0, 0.05) is 24.3 Å². The number of hydrogen-bond acceptors (Lipinski definition) is 2. The van der Waals surface area contributed by atoms with Crippen molar-refractivity contribution in [2.75, 3.05) is 24.5 Å². The predicted molar refractivity (Wildman–Crippen MR) is 79.3 cm³/mol. The zero-order chi connectivity index (χ0) is 13.0. The number of rotatable bonds is 2. The summed E-state index contributed by atoms with van der Waals surface area (Å²) in [5.74, 6) is 0. The number of anilines is 1. The van der Waals surface area contributed by atoms with Gasteiger partial charge < -0.3 is 10.2 Å². The van der Waals surface area contributed by atoms with Crippen molar-refractivity contribution < 1.29 is 0 Å². The average Bonchev–Trinajstić information content (AvgIpc) is 2.35.